The van der Waals surface area contributed by atoms with Crippen molar-refractivity contribution in [3.8, 4) is 67.0 Å². The van der Waals surface area contributed by atoms with Gasteiger partial charge >= 0.3 is 0 Å². The quantitative estimate of drug-likeness (QED) is 0.158. The van der Waals surface area contributed by atoms with Crippen molar-refractivity contribution < 1.29 is 0 Å². The van der Waals surface area contributed by atoms with Gasteiger partial charge in [-0.1, -0.05) is 166 Å². The largest absolute Gasteiger partial charge is 0.309 e. The molecule has 2 heteroatoms. The van der Waals surface area contributed by atoms with Crippen LogP contribution in [0.4, 0.5) is 0 Å². The Kier molecular flexibility index (Phi) is 8.29. The second-order valence-corrected chi connectivity index (χ2v) is 18.1. The SMILES string of the molecule is CC1(C)c2ccccc2-c2ccc(-n3c4ccccc4c4cc(-c5cc(-c6ccccc6)cc(-c6ccc7c(c6)c6ccccc6n7-c6ccc(-c7ccccc7)cc6)c5)ccc43)cc21. The zero-order valence-electron chi connectivity index (χ0n) is 36.3. The molecule has 0 aliphatic heterocycles. The van der Waals surface area contributed by atoms with E-state index < -0.39 is 0 Å². The average Bonchev–Trinajstić information content (AvgIpc) is 3.96. The Morgan fingerprint density at radius 2 is 0.677 bits per heavy atom. The summed E-state index contributed by atoms with van der Waals surface area (Å²) >= 11 is 0. The van der Waals surface area contributed by atoms with Crippen molar-refractivity contribution in [2.45, 2.75) is 19.3 Å². The van der Waals surface area contributed by atoms with Crippen LogP contribution >= 0.6 is 0 Å². The van der Waals surface area contributed by atoms with Crippen LogP contribution in [-0.2, 0) is 5.41 Å². The van der Waals surface area contributed by atoms with Crippen LogP contribution in [0.5, 0.6) is 0 Å². The van der Waals surface area contributed by atoms with E-state index in [-0.39, 0.29) is 5.41 Å². The summed E-state index contributed by atoms with van der Waals surface area (Å²) in [7, 11) is 0. The van der Waals surface area contributed by atoms with Gasteiger partial charge in [0.05, 0.1) is 22.1 Å². The molecule has 0 unspecified atom stereocenters. The topological polar surface area (TPSA) is 9.86 Å². The molecule has 0 N–H and O–H groups in total. The molecule has 10 aromatic carbocycles. The zero-order chi connectivity index (χ0) is 43.2. The maximum absolute atomic E-state index is 2.46. The van der Waals surface area contributed by atoms with E-state index in [1.165, 1.54) is 116 Å². The Morgan fingerprint density at radius 3 is 1.28 bits per heavy atom. The molecule has 1 aliphatic rings. The third kappa shape index (κ3) is 5.88. The molecule has 0 saturated heterocycles. The van der Waals surface area contributed by atoms with Gasteiger partial charge in [-0.15, -0.1) is 0 Å². The molecule has 2 nitrogen and oxygen atoms in total. The predicted molar refractivity (Wildman–Crippen MR) is 274 cm³/mol. The van der Waals surface area contributed by atoms with Crippen LogP contribution in [0.15, 0.2) is 231 Å². The van der Waals surface area contributed by atoms with Gasteiger partial charge in [0.25, 0.3) is 0 Å². The van der Waals surface area contributed by atoms with E-state index in [2.05, 4.69) is 254 Å². The number of fused-ring (bicyclic) bond motifs is 9. The Morgan fingerprint density at radius 1 is 0.262 bits per heavy atom. The van der Waals surface area contributed by atoms with Gasteiger partial charge in [-0.3, -0.25) is 0 Å². The summed E-state index contributed by atoms with van der Waals surface area (Å²) < 4.78 is 4.87. The smallest absolute Gasteiger partial charge is 0.0541 e. The van der Waals surface area contributed by atoms with Gasteiger partial charge in [0.15, 0.2) is 0 Å². The van der Waals surface area contributed by atoms with E-state index in [0.717, 1.165) is 5.69 Å². The maximum Gasteiger partial charge on any atom is 0.0541 e. The standard InChI is InChI=1S/C63H44N2/c1-63(2)57-22-12-9-19-51(57)52-32-31-50(40-58(52)63)65-60-24-14-11-21-54(60)56-39-45(28-34-62(56)65)48-36-46(42-17-7-4-8-18-42)35-47(37-48)44-27-33-61-55(38-44)53-20-10-13-23-59(53)64(61)49-29-25-43(26-30-49)41-15-5-3-6-16-41/h3-40H,1-2H3. The highest BCUT2D eigenvalue weighted by Gasteiger charge is 2.35. The Balaban J connectivity index is 0.948. The first-order valence-corrected chi connectivity index (χ1v) is 22.7. The lowest BCUT2D eigenvalue weighted by Crippen LogP contribution is -2.15. The summed E-state index contributed by atoms with van der Waals surface area (Å²) in [6, 6.07) is 85.2. The van der Waals surface area contributed by atoms with Gasteiger partial charge in [0.1, 0.15) is 0 Å². The van der Waals surface area contributed by atoms with Gasteiger partial charge in [0, 0.05) is 38.3 Å². The molecule has 65 heavy (non-hydrogen) atoms. The third-order valence-corrected chi connectivity index (χ3v) is 14.1. The lowest BCUT2D eigenvalue weighted by atomic mass is 9.82. The van der Waals surface area contributed by atoms with Crippen LogP contribution in [0.2, 0.25) is 0 Å². The summed E-state index contributed by atoms with van der Waals surface area (Å²) in [5, 5.41) is 4.99. The van der Waals surface area contributed by atoms with E-state index >= 15 is 0 Å². The highest BCUT2D eigenvalue weighted by Crippen LogP contribution is 2.50. The monoisotopic (exact) mass is 828 g/mol. The van der Waals surface area contributed by atoms with Gasteiger partial charge in [-0.25, -0.2) is 0 Å². The molecule has 0 radical (unpaired) electrons. The minimum Gasteiger partial charge on any atom is -0.309 e. The normalized spacial score (nSPS) is 12.9. The Bertz CT molecular complexity index is 3830. The number of hydrogen-bond acceptors (Lipinski definition) is 0. The van der Waals surface area contributed by atoms with Crippen molar-refractivity contribution >= 4 is 43.6 Å². The molecule has 0 fully saturated rings. The molecule has 0 bridgehead atoms. The fourth-order valence-electron chi connectivity index (χ4n) is 10.9. The summed E-state index contributed by atoms with van der Waals surface area (Å²) in [6.07, 6.45) is 0. The Hall–Kier alpha value is -8.20. The number of aromatic nitrogens is 2. The third-order valence-electron chi connectivity index (χ3n) is 14.1. The van der Waals surface area contributed by atoms with Crippen molar-refractivity contribution in [1.82, 2.24) is 9.13 Å². The lowest BCUT2D eigenvalue weighted by molar-refractivity contribution is 0.660. The predicted octanol–water partition coefficient (Wildman–Crippen LogP) is 16.9. The van der Waals surface area contributed by atoms with E-state index in [1.807, 2.05) is 0 Å². The van der Waals surface area contributed by atoms with Gasteiger partial charge in [-0.2, -0.15) is 0 Å². The summed E-state index contributed by atoms with van der Waals surface area (Å²) in [5.74, 6) is 0. The first-order chi connectivity index (χ1) is 32.0. The number of nitrogens with zero attached hydrogens (tertiary/aromatic N) is 2. The van der Waals surface area contributed by atoms with Crippen LogP contribution in [-0.4, -0.2) is 9.13 Å². The van der Waals surface area contributed by atoms with Crippen molar-refractivity contribution in [2.75, 3.05) is 0 Å². The second kappa shape index (κ2) is 14.4. The minimum absolute atomic E-state index is 0.0773. The van der Waals surface area contributed by atoms with Crippen molar-refractivity contribution in [3.63, 3.8) is 0 Å². The van der Waals surface area contributed by atoms with E-state index in [1.54, 1.807) is 0 Å². The lowest BCUT2D eigenvalue weighted by Gasteiger charge is -2.22. The van der Waals surface area contributed by atoms with Crippen LogP contribution in [0.3, 0.4) is 0 Å². The highest BCUT2D eigenvalue weighted by molar-refractivity contribution is 6.12. The van der Waals surface area contributed by atoms with Crippen molar-refractivity contribution in [2.24, 2.45) is 0 Å². The van der Waals surface area contributed by atoms with Crippen molar-refractivity contribution in [3.05, 3.63) is 242 Å². The van der Waals surface area contributed by atoms with Crippen LogP contribution in [0.1, 0.15) is 25.0 Å². The fraction of sp³-hybridized carbons (Fsp3) is 0.0476. The van der Waals surface area contributed by atoms with Crippen molar-refractivity contribution in [1.29, 1.82) is 0 Å². The number of para-hydroxylation sites is 2. The van der Waals surface area contributed by atoms with E-state index in [0.29, 0.717) is 0 Å². The second-order valence-electron chi connectivity index (χ2n) is 18.1. The summed E-state index contributed by atoms with van der Waals surface area (Å²) in [6.45, 7) is 4.72. The molecule has 1 aliphatic carbocycles. The molecule has 2 aromatic heterocycles. The van der Waals surface area contributed by atoms with E-state index in [9.17, 15) is 0 Å². The molecule has 12 aromatic rings. The molecule has 0 atom stereocenters. The fourth-order valence-corrected chi connectivity index (χ4v) is 10.9. The molecule has 0 spiro atoms. The minimum atomic E-state index is -0.0773. The summed E-state index contributed by atoms with van der Waals surface area (Å²) in [5.41, 5.74) is 22.2. The molecule has 0 saturated carbocycles. The summed E-state index contributed by atoms with van der Waals surface area (Å²) in [4.78, 5) is 0. The van der Waals surface area contributed by atoms with Gasteiger partial charge in [0.2, 0.25) is 0 Å². The number of hydrogen-bond donors (Lipinski definition) is 0. The van der Waals surface area contributed by atoms with Crippen LogP contribution < -0.4 is 0 Å². The molecule has 306 valence electrons. The first kappa shape index (κ1) is 37.4. The number of benzene rings is 10. The first-order valence-electron chi connectivity index (χ1n) is 22.7. The van der Waals surface area contributed by atoms with E-state index in [4.69, 9.17) is 0 Å². The molecule has 0 amide bonds. The molecular weight excluding hydrogens is 785 g/mol. The Labute approximate surface area is 378 Å². The average molecular weight is 829 g/mol. The van der Waals surface area contributed by atoms with Gasteiger partial charge < -0.3 is 9.13 Å². The highest BCUT2D eigenvalue weighted by atomic mass is 15.0. The maximum atomic E-state index is 2.46. The number of rotatable bonds is 6. The molecular formula is C63H44N2. The van der Waals surface area contributed by atoms with Crippen LogP contribution in [0.25, 0.3) is 111 Å². The van der Waals surface area contributed by atoms with Crippen LogP contribution in [0, 0.1) is 0 Å². The van der Waals surface area contributed by atoms with Gasteiger partial charge in [-0.05, 0) is 146 Å². The molecule has 2 heterocycles. The zero-order valence-corrected chi connectivity index (χ0v) is 36.3. The molecule has 13 rings (SSSR count).